The Morgan fingerprint density at radius 1 is 1.20 bits per heavy atom. The van der Waals surface area contributed by atoms with Crippen LogP contribution in [-0.4, -0.2) is 42.1 Å². The second-order valence-electron chi connectivity index (χ2n) is 8.30. The Morgan fingerprint density at radius 3 is 2.80 bits per heavy atom. The molecule has 160 valence electrons. The van der Waals surface area contributed by atoms with Crippen molar-refractivity contribution >= 4 is 17.5 Å². The molecule has 4 rings (SSSR count). The van der Waals surface area contributed by atoms with Gasteiger partial charge in [-0.2, -0.15) is 0 Å². The number of carbonyl (C=O) groups is 1. The Bertz CT molecular complexity index is 838. The summed E-state index contributed by atoms with van der Waals surface area (Å²) in [5.41, 5.74) is 1.08. The number of carbonyl (C=O) groups excluding carboxylic acids is 1. The lowest BCUT2D eigenvalue weighted by molar-refractivity contribution is -0.121. The van der Waals surface area contributed by atoms with Gasteiger partial charge in [0, 0.05) is 38.2 Å². The first-order valence-electron chi connectivity index (χ1n) is 10.9. The summed E-state index contributed by atoms with van der Waals surface area (Å²) in [6.45, 7) is 2.52. The molecule has 0 bridgehead atoms. The molecular weight excluding hydrogens is 378 g/mol. The summed E-state index contributed by atoms with van der Waals surface area (Å²) in [7, 11) is 1.65. The molecule has 1 saturated heterocycles. The van der Waals surface area contributed by atoms with E-state index >= 15 is 0 Å². The van der Waals surface area contributed by atoms with Gasteiger partial charge in [0.1, 0.15) is 23.7 Å². The van der Waals surface area contributed by atoms with Crippen LogP contribution in [0.25, 0.3) is 0 Å². The van der Waals surface area contributed by atoms with Gasteiger partial charge in [0.25, 0.3) is 0 Å². The van der Waals surface area contributed by atoms with Crippen LogP contribution in [-0.2, 0) is 11.3 Å². The van der Waals surface area contributed by atoms with Gasteiger partial charge in [0.2, 0.25) is 5.91 Å². The largest absolute Gasteiger partial charge is 0.497 e. The van der Waals surface area contributed by atoms with Crippen LogP contribution in [0.1, 0.15) is 44.1 Å². The Balaban J connectivity index is 1.22. The summed E-state index contributed by atoms with van der Waals surface area (Å²) in [6, 6.07) is 10.4. The van der Waals surface area contributed by atoms with Crippen LogP contribution in [0.5, 0.6) is 5.75 Å². The molecule has 1 unspecified atom stereocenters. The quantitative estimate of drug-likeness (QED) is 0.661. The molecule has 2 fully saturated rings. The van der Waals surface area contributed by atoms with Crippen LogP contribution >= 0.6 is 0 Å². The molecule has 1 amide bonds. The molecule has 1 atom stereocenters. The molecule has 1 saturated carbocycles. The minimum atomic E-state index is 0.112. The monoisotopic (exact) mass is 409 g/mol. The van der Waals surface area contributed by atoms with Crippen LogP contribution in [0.3, 0.4) is 0 Å². The second-order valence-corrected chi connectivity index (χ2v) is 8.30. The van der Waals surface area contributed by atoms with Crippen molar-refractivity contribution in [3.05, 3.63) is 42.2 Å². The Hall–Kier alpha value is -2.83. The number of hydrogen-bond acceptors (Lipinski definition) is 6. The molecule has 1 aliphatic carbocycles. The molecule has 2 heterocycles. The normalized spacial score (nSPS) is 18.7. The lowest BCUT2D eigenvalue weighted by atomic mass is 9.93. The fourth-order valence-corrected chi connectivity index (χ4v) is 3.91. The molecule has 2 aliphatic rings. The van der Waals surface area contributed by atoms with Crippen LogP contribution in [0, 0.1) is 5.92 Å². The maximum Gasteiger partial charge on any atom is 0.220 e. The number of rotatable bonds is 9. The number of piperidine rings is 1. The molecule has 2 aromatic rings. The van der Waals surface area contributed by atoms with Gasteiger partial charge in [-0.1, -0.05) is 12.1 Å². The minimum Gasteiger partial charge on any atom is -0.497 e. The standard InChI is InChI=1S/C23H31N5O2/c1-30-20-9-4-17(5-10-20)14-24-23(29)11-6-18-3-2-12-28(15-18)22-13-21(25-16-26-22)27-19-7-8-19/h4-5,9-10,13,16,18-19H,2-3,6-8,11-12,14-15H2,1H3,(H,24,29)(H,25,26,27). The van der Waals surface area contributed by atoms with Crippen molar-refractivity contribution in [2.24, 2.45) is 5.92 Å². The fourth-order valence-electron chi connectivity index (χ4n) is 3.91. The highest BCUT2D eigenvalue weighted by molar-refractivity contribution is 5.75. The number of anilines is 2. The van der Waals surface area contributed by atoms with Crippen LogP contribution in [0.2, 0.25) is 0 Å². The molecule has 1 aromatic heterocycles. The van der Waals surface area contributed by atoms with Crippen LogP contribution in [0.4, 0.5) is 11.6 Å². The molecule has 1 aliphatic heterocycles. The number of methoxy groups -OCH3 is 1. The van der Waals surface area contributed by atoms with Crippen molar-refractivity contribution in [2.45, 2.75) is 51.1 Å². The molecule has 2 N–H and O–H groups in total. The van der Waals surface area contributed by atoms with E-state index in [1.165, 1.54) is 19.3 Å². The highest BCUT2D eigenvalue weighted by Crippen LogP contribution is 2.27. The molecule has 7 nitrogen and oxygen atoms in total. The van der Waals surface area contributed by atoms with Crippen molar-refractivity contribution in [1.29, 1.82) is 0 Å². The first-order chi connectivity index (χ1) is 14.7. The Labute approximate surface area is 178 Å². The topological polar surface area (TPSA) is 79.4 Å². The van der Waals surface area contributed by atoms with Gasteiger partial charge in [-0.05, 0) is 55.7 Å². The molecule has 1 aromatic carbocycles. The van der Waals surface area contributed by atoms with Crippen molar-refractivity contribution in [3.8, 4) is 5.75 Å². The van der Waals surface area contributed by atoms with Crippen molar-refractivity contribution in [3.63, 3.8) is 0 Å². The average molecular weight is 410 g/mol. The van der Waals surface area contributed by atoms with Crippen molar-refractivity contribution in [2.75, 3.05) is 30.4 Å². The highest BCUT2D eigenvalue weighted by atomic mass is 16.5. The molecule has 0 spiro atoms. The van der Waals surface area contributed by atoms with E-state index in [9.17, 15) is 4.79 Å². The maximum absolute atomic E-state index is 12.3. The summed E-state index contributed by atoms with van der Waals surface area (Å²) in [4.78, 5) is 23.5. The van der Waals surface area contributed by atoms with Gasteiger partial charge in [-0.3, -0.25) is 4.79 Å². The predicted molar refractivity (Wildman–Crippen MR) is 118 cm³/mol. The SMILES string of the molecule is COc1ccc(CNC(=O)CCC2CCCN(c3cc(NC4CC4)ncn3)C2)cc1. The minimum absolute atomic E-state index is 0.112. The van der Waals surface area contributed by atoms with E-state index in [0.717, 1.165) is 48.9 Å². The first kappa shape index (κ1) is 20.4. The maximum atomic E-state index is 12.3. The molecule has 7 heteroatoms. The lowest BCUT2D eigenvalue weighted by Gasteiger charge is -2.33. The van der Waals surface area contributed by atoms with E-state index in [1.807, 2.05) is 24.3 Å². The fraction of sp³-hybridized carbons (Fsp3) is 0.522. The zero-order valence-corrected chi connectivity index (χ0v) is 17.6. The lowest BCUT2D eigenvalue weighted by Crippen LogP contribution is -2.36. The van der Waals surface area contributed by atoms with Gasteiger partial charge in [0.05, 0.1) is 7.11 Å². The second kappa shape index (κ2) is 9.78. The number of nitrogens with one attached hydrogen (secondary N) is 2. The number of benzene rings is 1. The zero-order chi connectivity index (χ0) is 20.8. The van der Waals surface area contributed by atoms with E-state index in [0.29, 0.717) is 24.9 Å². The molecular formula is C23H31N5O2. The van der Waals surface area contributed by atoms with Crippen LogP contribution < -0.4 is 20.3 Å². The molecule has 0 radical (unpaired) electrons. The third kappa shape index (κ3) is 5.84. The smallest absolute Gasteiger partial charge is 0.220 e. The summed E-state index contributed by atoms with van der Waals surface area (Å²) < 4.78 is 5.16. The number of amides is 1. The van der Waals surface area contributed by atoms with E-state index < -0.39 is 0 Å². The van der Waals surface area contributed by atoms with E-state index in [1.54, 1.807) is 13.4 Å². The first-order valence-corrected chi connectivity index (χ1v) is 10.9. The van der Waals surface area contributed by atoms with Crippen molar-refractivity contribution in [1.82, 2.24) is 15.3 Å². The van der Waals surface area contributed by atoms with E-state index in [2.05, 4.69) is 31.6 Å². The summed E-state index contributed by atoms with van der Waals surface area (Å²) in [5, 5.41) is 6.47. The Morgan fingerprint density at radius 2 is 2.03 bits per heavy atom. The van der Waals surface area contributed by atoms with Crippen LogP contribution in [0.15, 0.2) is 36.7 Å². The zero-order valence-electron chi connectivity index (χ0n) is 17.6. The van der Waals surface area contributed by atoms with Gasteiger partial charge >= 0.3 is 0 Å². The summed E-state index contributed by atoms with van der Waals surface area (Å²) in [5.74, 6) is 3.36. The summed E-state index contributed by atoms with van der Waals surface area (Å²) in [6.07, 6.45) is 7.87. The van der Waals surface area contributed by atoms with Gasteiger partial charge < -0.3 is 20.3 Å². The predicted octanol–water partition coefficient (Wildman–Crippen LogP) is 3.37. The third-order valence-electron chi connectivity index (χ3n) is 5.85. The highest BCUT2D eigenvalue weighted by Gasteiger charge is 2.24. The number of aromatic nitrogens is 2. The average Bonchev–Trinajstić information content (AvgIpc) is 3.61. The van der Waals surface area contributed by atoms with Crippen molar-refractivity contribution < 1.29 is 9.53 Å². The van der Waals surface area contributed by atoms with E-state index in [4.69, 9.17) is 4.74 Å². The number of nitrogens with zero attached hydrogens (tertiary/aromatic N) is 3. The van der Waals surface area contributed by atoms with Gasteiger partial charge in [-0.15, -0.1) is 0 Å². The number of ether oxygens (including phenoxy) is 1. The Kier molecular flexibility index (Phi) is 6.67. The van der Waals surface area contributed by atoms with Gasteiger partial charge in [-0.25, -0.2) is 9.97 Å². The van der Waals surface area contributed by atoms with E-state index in [-0.39, 0.29) is 5.91 Å². The van der Waals surface area contributed by atoms with Gasteiger partial charge in [0.15, 0.2) is 0 Å². The third-order valence-corrected chi connectivity index (χ3v) is 5.85. The summed E-state index contributed by atoms with van der Waals surface area (Å²) >= 11 is 0. The number of hydrogen-bond donors (Lipinski definition) is 2. The molecule has 30 heavy (non-hydrogen) atoms.